The quantitative estimate of drug-likeness (QED) is 0.805. The van der Waals surface area contributed by atoms with Crippen LogP contribution in [0.2, 0.25) is 0 Å². The van der Waals surface area contributed by atoms with Gasteiger partial charge in [0.05, 0.1) is 3.57 Å². The topological polar surface area (TPSA) is 33.1 Å². The van der Waals surface area contributed by atoms with Crippen LogP contribution in [0.5, 0.6) is 5.75 Å². The van der Waals surface area contributed by atoms with E-state index in [0.29, 0.717) is 9.26 Å². The van der Waals surface area contributed by atoms with Gasteiger partial charge in [-0.15, -0.1) is 0 Å². The lowest BCUT2D eigenvalue weighted by Crippen LogP contribution is -1.95. The second-order valence-corrected chi connectivity index (χ2v) is 3.44. The van der Waals surface area contributed by atoms with Gasteiger partial charge in [0.25, 0.3) is 6.43 Å². The molecule has 0 aliphatic heterocycles. The van der Waals surface area contributed by atoms with Gasteiger partial charge in [-0.2, -0.15) is 0 Å². The zero-order chi connectivity index (χ0) is 9.30. The lowest BCUT2D eigenvalue weighted by atomic mass is 10.3. The summed E-state index contributed by atoms with van der Waals surface area (Å²) in [5.41, 5.74) is -0.0631. The second-order valence-electron chi connectivity index (χ2n) is 2.28. The van der Waals surface area contributed by atoms with E-state index in [1.807, 2.05) is 0 Å². The van der Waals surface area contributed by atoms with Gasteiger partial charge in [0, 0.05) is 5.69 Å². The van der Waals surface area contributed by atoms with Crippen molar-refractivity contribution in [3.05, 3.63) is 21.0 Å². The minimum atomic E-state index is -2.72. The molecule has 1 heterocycles. The first kappa shape index (κ1) is 9.63. The number of halogens is 3. The van der Waals surface area contributed by atoms with Crippen molar-refractivity contribution in [3.63, 3.8) is 0 Å². The summed E-state index contributed by atoms with van der Waals surface area (Å²) >= 11 is 1.79. The van der Waals surface area contributed by atoms with E-state index >= 15 is 0 Å². The summed E-state index contributed by atoms with van der Waals surface area (Å²) in [4.78, 5) is 3.53. The molecule has 0 spiro atoms. The number of aromatic hydroxyl groups is 1. The van der Waals surface area contributed by atoms with Crippen LogP contribution < -0.4 is 0 Å². The molecule has 5 heteroatoms. The van der Waals surface area contributed by atoms with Crippen molar-refractivity contribution < 1.29 is 13.9 Å². The maximum absolute atomic E-state index is 12.2. The Labute approximate surface area is 81.8 Å². The van der Waals surface area contributed by atoms with Crippen LogP contribution >= 0.6 is 22.6 Å². The molecule has 0 saturated heterocycles. The molecule has 12 heavy (non-hydrogen) atoms. The molecule has 1 aromatic rings. The summed E-state index contributed by atoms with van der Waals surface area (Å²) in [6.45, 7) is 1.60. The number of alkyl halides is 2. The molecule has 1 rings (SSSR count). The SMILES string of the molecule is Cc1cc(I)c(O)c(C(F)F)n1. The van der Waals surface area contributed by atoms with Crippen LogP contribution in [0.25, 0.3) is 0 Å². The van der Waals surface area contributed by atoms with Crippen molar-refractivity contribution in [1.29, 1.82) is 0 Å². The Bertz CT molecular complexity index is 304. The summed E-state index contributed by atoms with van der Waals surface area (Å²) in [5.74, 6) is -0.420. The highest BCUT2D eigenvalue weighted by atomic mass is 127. The van der Waals surface area contributed by atoms with Crippen LogP contribution in [0, 0.1) is 10.5 Å². The highest BCUT2D eigenvalue weighted by Gasteiger charge is 2.17. The number of hydrogen-bond acceptors (Lipinski definition) is 2. The van der Waals surface area contributed by atoms with Crippen LogP contribution in [0.1, 0.15) is 17.8 Å². The fourth-order valence-electron chi connectivity index (χ4n) is 0.801. The first-order valence-corrected chi connectivity index (χ1v) is 4.24. The highest BCUT2D eigenvalue weighted by molar-refractivity contribution is 14.1. The van der Waals surface area contributed by atoms with Gasteiger partial charge >= 0.3 is 0 Å². The third-order valence-electron chi connectivity index (χ3n) is 1.31. The predicted octanol–water partition coefficient (Wildman–Crippen LogP) is 2.64. The van der Waals surface area contributed by atoms with E-state index in [4.69, 9.17) is 5.11 Å². The van der Waals surface area contributed by atoms with Gasteiger partial charge in [0.1, 0.15) is 5.69 Å². The van der Waals surface area contributed by atoms with Crippen LogP contribution in [0.15, 0.2) is 6.07 Å². The van der Waals surface area contributed by atoms with Crippen molar-refractivity contribution in [2.75, 3.05) is 0 Å². The van der Waals surface area contributed by atoms with Gasteiger partial charge in [0.15, 0.2) is 5.75 Å². The Morgan fingerprint density at radius 2 is 2.17 bits per heavy atom. The summed E-state index contributed by atoms with van der Waals surface area (Å²) in [5, 5.41) is 9.14. The van der Waals surface area contributed by atoms with E-state index in [-0.39, 0.29) is 0 Å². The Hall–Kier alpha value is -0.460. The van der Waals surface area contributed by atoms with E-state index < -0.39 is 17.9 Å². The van der Waals surface area contributed by atoms with Gasteiger partial charge in [-0.1, -0.05) is 0 Å². The number of hydrogen-bond donors (Lipinski definition) is 1. The van der Waals surface area contributed by atoms with Crippen LogP contribution in [-0.2, 0) is 0 Å². The lowest BCUT2D eigenvalue weighted by Gasteiger charge is -2.05. The van der Waals surface area contributed by atoms with Gasteiger partial charge < -0.3 is 5.11 Å². The number of rotatable bonds is 1. The zero-order valence-electron chi connectivity index (χ0n) is 6.18. The average molecular weight is 285 g/mol. The molecule has 66 valence electrons. The highest BCUT2D eigenvalue weighted by Crippen LogP contribution is 2.30. The minimum absolute atomic E-state index is 0.399. The first-order chi connectivity index (χ1) is 5.52. The fraction of sp³-hybridized carbons (Fsp3) is 0.286. The summed E-state index contributed by atoms with van der Waals surface area (Å²) < 4.78 is 24.7. The molecule has 1 N–H and O–H groups in total. The van der Waals surface area contributed by atoms with Crippen molar-refractivity contribution in [2.24, 2.45) is 0 Å². The molecule has 0 unspecified atom stereocenters. The number of pyridine rings is 1. The normalized spacial score (nSPS) is 10.8. The predicted molar refractivity (Wildman–Crippen MR) is 48.3 cm³/mol. The van der Waals surface area contributed by atoms with E-state index in [0.717, 1.165) is 0 Å². The van der Waals surface area contributed by atoms with Gasteiger partial charge in [0.2, 0.25) is 0 Å². The Morgan fingerprint density at radius 1 is 1.58 bits per heavy atom. The lowest BCUT2D eigenvalue weighted by molar-refractivity contribution is 0.141. The van der Waals surface area contributed by atoms with Crippen molar-refractivity contribution in [1.82, 2.24) is 4.98 Å². The largest absolute Gasteiger partial charge is 0.505 e. The Balaban J connectivity index is 3.28. The zero-order valence-corrected chi connectivity index (χ0v) is 8.34. The molecule has 0 aliphatic carbocycles. The van der Waals surface area contributed by atoms with Crippen LogP contribution in [0.3, 0.4) is 0 Å². The molecule has 0 saturated carbocycles. The molecular formula is C7H6F2INO. The maximum atomic E-state index is 12.2. The Kier molecular flexibility index (Phi) is 2.81. The number of aromatic nitrogens is 1. The first-order valence-electron chi connectivity index (χ1n) is 3.16. The van der Waals surface area contributed by atoms with Crippen molar-refractivity contribution in [2.45, 2.75) is 13.3 Å². The molecule has 0 radical (unpaired) electrons. The number of nitrogens with zero attached hydrogens (tertiary/aromatic N) is 1. The van der Waals surface area contributed by atoms with Gasteiger partial charge in [-0.05, 0) is 35.6 Å². The smallest absolute Gasteiger partial charge is 0.284 e. The van der Waals surface area contributed by atoms with Crippen LogP contribution in [0.4, 0.5) is 8.78 Å². The summed E-state index contributed by atoms with van der Waals surface area (Å²) in [6, 6.07) is 1.54. The van der Waals surface area contributed by atoms with Gasteiger partial charge in [-0.3, -0.25) is 0 Å². The van der Waals surface area contributed by atoms with E-state index in [9.17, 15) is 8.78 Å². The molecule has 1 aromatic heterocycles. The molecule has 0 aliphatic rings. The molecule has 0 bridgehead atoms. The molecule has 0 fully saturated rings. The van der Waals surface area contributed by atoms with Gasteiger partial charge in [-0.25, -0.2) is 13.8 Å². The van der Waals surface area contributed by atoms with E-state index in [2.05, 4.69) is 4.98 Å². The standard InChI is InChI=1S/C7H6F2INO/c1-3-2-4(10)6(12)5(11-3)7(8)9/h2,7,12H,1H3. The Morgan fingerprint density at radius 3 is 2.67 bits per heavy atom. The van der Waals surface area contributed by atoms with Crippen molar-refractivity contribution >= 4 is 22.6 Å². The monoisotopic (exact) mass is 285 g/mol. The fourth-order valence-corrected chi connectivity index (χ4v) is 1.53. The molecule has 0 aromatic carbocycles. The van der Waals surface area contributed by atoms with E-state index in [1.54, 1.807) is 35.6 Å². The van der Waals surface area contributed by atoms with Crippen molar-refractivity contribution in [3.8, 4) is 5.75 Å². The number of aryl methyl sites for hydroxylation is 1. The molecule has 2 nitrogen and oxygen atoms in total. The summed E-state index contributed by atoms with van der Waals surface area (Å²) in [6.07, 6.45) is -2.72. The average Bonchev–Trinajstić information content (AvgIpc) is 1.96. The summed E-state index contributed by atoms with van der Waals surface area (Å²) in [7, 11) is 0. The molecule has 0 amide bonds. The molecule has 0 atom stereocenters. The second kappa shape index (κ2) is 3.51. The minimum Gasteiger partial charge on any atom is -0.505 e. The van der Waals surface area contributed by atoms with E-state index in [1.165, 1.54) is 0 Å². The third kappa shape index (κ3) is 1.82. The maximum Gasteiger partial charge on any atom is 0.284 e. The molecular weight excluding hydrogens is 279 g/mol. The van der Waals surface area contributed by atoms with Crippen LogP contribution in [-0.4, -0.2) is 10.1 Å². The third-order valence-corrected chi connectivity index (χ3v) is 2.13.